The van der Waals surface area contributed by atoms with E-state index in [2.05, 4.69) is 112 Å². The van der Waals surface area contributed by atoms with E-state index in [9.17, 15) is 10.5 Å². The quantitative estimate of drug-likeness (QED) is 0.0778. The molecule has 0 heterocycles. The fourth-order valence-corrected chi connectivity index (χ4v) is 7.68. The van der Waals surface area contributed by atoms with Crippen LogP contribution in [0.1, 0.15) is 75.6 Å². The van der Waals surface area contributed by atoms with Crippen LogP contribution in [0.5, 0.6) is 23.0 Å². The number of hydrogen-bond donors (Lipinski definition) is 0. The molecule has 0 N–H and O–H groups in total. The summed E-state index contributed by atoms with van der Waals surface area (Å²) in [5.41, 5.74) is 3.75. The number of benzene rings is 4. The van der Waals surface area contributed by atoms with E-state index in [1.165, 1.54) is 11.1 Å². The number of rotatable bonds is 22. The zero-order chi connectivity index (χ0) is 42.6. The Bertz CT molecular complexity index is 1870. The molecule has 0 aliphatic heterocycles. The van der Waals surface area contributed by atoms with Crippen LogP contribution in [0, 0.1) is 34.5 Å². The number of ether oxygens (including phenoxy) is 4. The Morgan fingerprint density at radius 3 is 1.40 bits per heavy atom. The second kappa shape index (κ2) is 24.0. The maximum atomic E-state index is 10.2. The first kappa shape index (κ1) is 47.4. The van der Waals surface area contributed by atoms with Crippen molar-refractivity contribution >= 4 is 0 Å². The monoisotopic (exact) mass is 789 g/mol. The smallest absolute Gasteiger partial charge is 0.161 e. The summed E-state index contributed by atoms with van der Waals surface area (Å²) in [4.78, 5) is 4.69. The maximum absolute atomic E-state index is 10.2. The molecule has 4 aromatic rings. The number of likely N-dealkylation sites (N-methyl/N-ethyl adjacent to an activating group) is 2. The van der Waals surface area contributed by atoms with Gasteiger partial charge in [0.2, 0.25) is 0 Å². The number of methoxy groups -OCH3 is 4. The van der Waals surface area contributed by atoms with Crippen LogP contribution in [0.2, 0.25) is 0 Å². The van der Waals surface area contributed by atoms with Crippen LogP contribution in [-0.4, -0.2) is 78.5 Å². The molecule has 4 rings (SSSR count). The van der Waals surface area contributed by atoms with E-state index in [1.54, 1.807) is 28.4 Å². The molecule has 8 heteroatoms. The maximum Gasteiger partial charge on any atom is 0.161 e. The lowest BCUT2D eigenvalue weighted by Gasteiger charge is -2.32. The van der Waals surface area contributed by atoms with Crippen LogP contribution >= 0.6 is 0 Å². The van der Waals surface area contributed by atoms with Crippen LogP contribution in [0.3, 0.4) is 0 Å². The average Bonchev–Trinajstić information content (AvgIpc) is 3.25. The standard InChI is InChI=1S/C27H38N2O4.C23H30N2/c1-20(2)27(19-28,22-10-12-24(31-5)26(18-22)33-7)14-8-15-29(3)16-13-21-9-11-23(30-4)25(17-21)32-6;1-20(2)23(19-24,22-13-8-5-9-14-22)16-10-17-25(3)18-15-21-11-6-4-7-12-21/h9-12,17-18,20H,8,13-16H2,1-7H3;4-9,11-14,20H,10,15-18H2,1-3H3. The lowest BCUT2D eigenvalue weighted by atomic mass is 9.69. The van der Waals surface area contributed by atoms with Crippen molar-refractivity contribution in [1.82, 2.24) is 9.80 Å². The van der Waals surface area contributed by atoms with Gasteiger partial charge in [-0.2, -0.15) is 10.5 Å². The highest BCUT2D eigenvalue weighted by molar-refractivity contribution is 5.47. The van der Waals surface area contributed by atoms with Gasteiger partial charge in [-0.05, 0) is 124 Å². The van der Waals surface area contributed by atoms with Crippen molar-refractivity contribution in [1.29, 1.82) is 10.5 Å². The SMILES string of the molecule is CC(C)C(C#N)(CCCN(C)CCc1ccccc1)c1ccccc1.COc1ccc(CCN(C)CCCC(C#N)(c2ccc(OC)c(OC)c2)C(C)C)cc1OC. The number of nitriles is 2. The Morgan fingerprint density at radius 2 is 0.931 bits per heavy atom. The van der Waals surface area contributed by atoms with Crippen LogP contribution in [-0.2, 0) is 23.7 Å². The van der Waals surface area contributed by atoms with Crippen LogP contribution in [0.4, 0.5) is 0 Å². The Balaban J connectivity index is 0.000000322. The number of nitrogens with zero attached hydrogens (tertiary/aromatic N) is 4. The van der Waals surface area contributed by atoms with E-state index in [0.717, 1.165) is 87.3 Å². The molecular weight excluding hydrogens is 721 g/mol. The highest BCUT2D eigenvalue weighted by Crippen LogP contribution is 2.41. The third kappa shape index (κ3) is 13.0. The molecule has 0 amide bonds. The molecule has 0 bridgehead atoms. The second-order valence-electron chi connectivity index (χ2n) is 15.9. The highest BCUT2D eigenvalue weighted by Gasteiger charge is 2.37. The van der Waals surface area contributed by atoms with Crippen molar-refractivity contribution in [3.8, 4) is 35.1 Å². The molecule has 8 nitrogen and oxygen atoms in total. The third-order valence-electron chi connectivity index (χ3n) is 11.6. The molecule has 0 aliphatic carbocycles. The normalized spacial score (nSPS) is 13.2. The van der Waals surface area contributed by atoms with Gasteiger partial charge in [0.05, 0.1) is 51.4 Å². The first-order chi connectivity index (χ1) is 27.9. The fourth-order valence-electron chi connectivity index (χ4n) is 7.68. The summed E-state index contributed by atoms with van der Waals surface area (Å²) in [6.45, 7) is 12.5. The van der Waals surface area contributed by atoms with Gasteiger partial charge < -0.3 is 28.7 Å². The van der Waals surface area contributed by atoms with E-state index in [1.807, 2.05) is 48.5 Å². The Morgan fingerprint density at radius 1 is 0.500 bits per heavy atom. The van der Waals surface area contributed by atoms with Crippen molar-refractivity contribution in [2.75, 3.05) is 68.7 Å². The van der Waals surface area contributed by atoms with Crippen molar-refractivity contribution in [2.24, 2.45) is 11.8 Å². The molecule has 58 heavy (non-hydrogen) atoms. The molecule has 312 valence electrons. The van der Waals surface area contributed by atoms with Gasteiger partial charge >= 0.3 is 0 Å². The summed E-state index contributed by atoms with van der Waals surface area (Å²) in [6.07, 6.45) is 5.62. The molecule has 0 saturated heterocycles. The fraction of sp³-hybridized carbons (Fsp3) is 0.480. The van der Waals surface area contributed by atoms with Crippen molar-refractivity contribution in [3.63, 3.8) is 0 Å². The summed E-state index contributed by atoms with van der Waals surface area (Å²) in [6, 6.07) is 38.1. The minimum absolute atomic E-state index is 0.165. The summed E-state index contributed by atoms with van der Waals surface area (Å²) >= 11 is 0. The van der Waals surface area contributed by atoms with Crippen LogP contribution < -0.4 is 18.9 Å². The summed E-state index contributed by atoms with van der Waals surface area (Å²) in [5.74, 6) is 3.29. The Kier molecular flexibility index (Phi) is 19.6. The molecule has 4 aromatic carbocycles. The van der Waals surface area contributed by atoms with E-state index in [-0.39, 0.29) is 11.3 Å². The van der Waals surface area contributed by atoms with Crippen molar-refractivity contribution in [3.05, 3.63) is 119 Å². The predicted octanol–water partition coefficient (Wildman–Crippen LogP) is 10.2. The van der Waals surface area contributed by atoms with E-state index >= 15 is 0 Å². The third-order valence-corrected chi connectivity index (χ3v) is 11.6. The summed E-state index contributed by atoms with van der Waals surface area (Å²) in [7, 11) is 10.8. The Hall–Kier alpha value is -5.02. The highest BCUT2D eigenvalue weighted by atomic mass is 16.5. The minimum Gasteiger partial charge on any atom is -0.493 e. The van der Waals surface area contributed by atoms with Crippen molar-refractivity contribution < 1.29 is 18.9 Å². The molecule has 0 aliphatic rings. The first-order valence-electron chi connectivity index (χ1n) is 20.7. The van der Waals surface area contributed by atoms with Gasteiger partial charge in [0.25, 0.3) is 0 Å². The first-order valence-corrected chi connectivity index (χ1v) is 20.7. The average molecular weight is 789 g/mol. The molecule has 2 atom stereocenters. The molecule has 0 saturated carbocycles. The molecule has 0 aromatic heterocycles. The Labute approximate surface area is 350 Å². The van der Waals surface area contributed by atoms with Crippen LogP contribution in [0.15, 0.2) is 97.1 Å². The molecule has 0 radical (unpaired) electrons. The molecular formula is C50H68N4O4. The van der Waals surface area contributed by atoms with Gasteiger partial charge in [0.15, 0.2) is 23.0 Å². The number of hydrogen-bond acceptors (Lipinski definition) is 8. The van der Waals surface area contributed by atoms with Gasteiger partial charge in [-0.1, -0.05) is 100 Å². The zero-order valence-corrected chi connectivity index (χ0v) is 36.9. The van der Waals surface area contributed by atoms with Gasteiger partial charge in [-0.15, -0.1) is 0 Å². The molecule has 0 spiro atoms. The lowest BCUT2D eigenvalue weighted by Crippen LogP contribution is -2.32. The summed E-state index contributed by atoms with van der Waals surface area (Å²) in [5, 5.41) is 20.2. The lowest BCUT2D eigenvalue weighted by molar-refractivity contribution is 0.292. The second-order valence-corrected chi connectivity index (χ2v) is 15.9. The van der Waals surface area contributed by atoms with Gasteiger partial charge in [-0.25, -0.2) is 0 Å². The van der Waals surface area contributed by atoms with Crippen LogP contribution in [0.25, 0.3) is 0 Å². The molecule has 0 fully saturated rings. The largest absolute Gasteiger partial charge is 0.493 e. The van der Waals surface area contributed by atoms with E-state index < -0.39 is 5.41 Å². The van der Waals surface area contributed by atoms with E-state index in [0.29, 0.717) is 17.4 Å². The topological polar surface area (TPSA) is 91.0 Å². The van der Waals surface area contributed by atoms with Crippen molar-refractivity contribution in [2.45, 2.75) is 77.0 Å². The van der Waals surface area contributed by atoms with Gasteiger partial charge in [-0.3, -0.25) is 0 Å². The minimum atomic E-state index is -0.580. The summed E-state index contributed by atoms with van der Waals surface area (Å²) < 4.78 is 21.6. The van der Waals surface area contributed by atoms with E-state index in [4.69, 9.17) is 18.9 Å². The molecule has 2 unspecified atom stereocenters. The predicted molar refractivity (Wildman–Crippen MR) is 237 cm³/mol. The van der Waals surface area contributed by atoms with Gasteiger partial charge in [0, 0.05) is 13.1 Å². The van der Waals surface area contributed by atoms with Gasteiger partial charge in [0.1, 0.15) is 0 Å². The zero-order valence-electron chi connectivity index (χ0n) is 36.9.